The van der Waals surface area contributed by atoms with Crippen LogP contribution in [0.4, 0.5) is 23.4 Å². The highest BCUT2D eigenvalue weighted by Crippen LogP contribution is 2.34. The van der Waals surface area contributed by atoms with E-state index in [0.717, 1.165) is 23.4 Å². The summed E-state index contributed by atoms with van der Waals surface area (Å²) in [4.78, 5) is 23.0. The van der Waals surface area contributed by atoms with Crippen molar-refractivity contribution in [1.29, 1.82) is 0 Å². The molecule has 10 heteroatoms. The second kappa shape index (κ2) is 8.58. The Balaban J connectivity index is 1.72. The molecule has 0 saturated heterocycles. The van der Waals surface area contributed by atoms with E-state index in [1.54, 1.807) is 6.92 Å². The standard InChI is InChI=1S/C23H22F4N4O2/c1-3-6-31(12(2)19-5-4-13(9-29-19)23(25,26)27)22(32)15-7-14-16-10-33-11-17(16)21(28)30-20(14)8-18(15)24/h4-5,7-9,12H,3,6,10-11H2,1-2H3,(H2,28,30)/t12-/m1/s1. The molecule has 2 N–H and O–H groups in total. The normalized spacial score (nSPS) is 14.4. The van der Waals surface area contributed by atoms with Crippen LogP contribution >= 0.6 is 0 Å². The number of halogens is 4. The summed E-state index contributed by atoms with van der Waals surface area (Å²) in [5, 5.41) is 0.582. The SMILES string of the molecule is CCCN(C(=O)c1cc2c3c(c(N)nc2cc1F)COC3)[C@H](C)c1ccc(C(F)(F)F)cn1. The minimum atomic E-state index is -4.51. The highest BCUT2D eigenvalue weighted by molar-refractivity contribution is 5.99. The Bertz CT molecular complexity index is 1210. The van der Waals surface area contributed by atoms with Gasteiger partial charge in [-0.2, -0.15) is 13.2 Å². The monoisotopic (exact) mass is 462 g/mol. The van der Waals surface area contributed by atoms with Gasteiger partial charge in [0, 0.05) is 29.8 Å². The molecule has 3 heterocycles. The van der Waals surface area contributed by atoms with Crippen LogP contribution in [0.3, 0.4) is 0 Å². The van der Waals surface area contributed by atoms with Gasteiger partial charge in [0.25, 0.3) is 5.91 Å². The minimum Gasteiger partial charge on any atom is -0.383 e. The van der Waals surface area contributed by atoms with Crippen LogP contribution in [0.2, 0.25) is 0 Å². The number of hydrogen-bond donors (Lipinski definition) is 1. The van der Waals surface area contributed by atoms with Crippen molar-refractivity contribution in [2.24, 2.45) is 0 Å². The van der Waals surface area contributed by atoms with E-state index in [9.17, 15) is 18.0 Å². The highest BCUT2D eigenvalue weighted by atomic mass is 19.4. The summed E-state index contributed by atoms with van der Waals surface area (Å²) < 4.78 is 59.1. The Labute approximate surface area is 187 Å². The molecule has 1 aliphatic rings. The number of amides is 1. The molecule has 3 aromatic rings. The van der Waals surface area contributed by atoms with E-state index < -0.39 is 29.5 Å². The van der Waals surface area contributed by atoms with Crippen LogP contribution in [0.15, 0.2) is 30.5 Å². The minimum absolute atomic E-state index is 0.157. The summed E-state index contributed by atoms with van der Waals surface area (Å²) in [6.45, 7) is 4.34. The van der Waals surface area contributed by atoms with Gasteiger partial charge >= 0.3 is 6.18 Å². The summed E-state index contributed by atoms with van der Waals surface area (Å²) in [6.07, 6.45) is -3.22. The Hall–Kier alpha value is -3.27. The van der Waals surface area contributed by atoms with E-state index in [1.165, 1.54) is 23.1 Å². The predicted octanol–water partition coefficient (Wildman–Crippen LogP) is 5.01. The quantitative estimate of drug-likeness (QED) is 0.539. The fraction of sp³-hybridized carbons (Fsp3) is 0.348. The zero-order valence-corrected chi connectivity index (χ0v) is 18.0. The number of aromatic nitrogens is 2. The number of fused-ring (bicyclic) bond motifs is 3. The molecule has 4 rings (SSSR count). The van der Waals surface area contributed by atoms with Gasteiger partial charge in [0.15, 0.2) is 0 Å². The third-order valence-corrected chi connectivity index (χ3v) is 5.78. The van der Waals surface area contributed by atoms with E-state index >= 15 is 4.39 Å². The molecule has 0 unspecified atom stereocenters. The summed E-state index contributed by atoms with van der Waals surface area (Å²) in [7, 11) is 0. The van der Waals surface area contributed by atoms with Crippen LogP contribution in [0.1, 0.15) is 59.1 Å². The first-order valence-corrected chi connectivity index (χ1v) is 10.4. The van der Waals surface area contributed by atoms with Gasteiger partial charge in [0.2, 0.25) is 0 Å². The molecule has 0 radical (unpaired) electrons. The zero-order valence-electron chi connectivity index (χ0n) is 18.0. The summed E-state index contributed by atoms with van der Waals surface area (Å²) in [6, 6.07) is 4.10. The van der Waals surface area contributed by atoms with Crippen molar-refractivity contribution in [2.75, 3.05) is 12.3 Å². The molecule has 0 spiro atoms. The lowest BCUT2D eigenvalue weighted by Gasteiger charge is -2.29. The number of hydrogen-bond acceptors (Lipinski definition) is 5. The van der Waals surface area contributed by atoms with Gasteiger partial charge in [-0.25, -0.2) is 9.37 Å². The largest absolute Gasteiger partial charge is 0.417 e. The summed E-state index contributed by atoms with van der Waals surface area (Å²) in [5.74, 6) is -1.08. The molecule has 0 fully saturated rings. The van der Waals surface area contributed by atoms with Crippen molar-refractivity contribution in [3.05, 3.63) is 64.2 Å². The zero-order chi connectivity index (χ0) is 23.9. The van der Waals surface area contributed by atoms with E-state index in [0.29, 0.717) is 23.9 Å². The third-order valence-electron chi connectivity index (χ3n) is 5.78. The van der Waals surface area contributed by atoms with Gasteiger partial charge < -0.3 is 15.4 Å². The Kier molecular flexibility index (Phi) is 5.96. The summed E-state index contributed by atoms with van der Waals surface area (Å²) >= 11 is 0. The van der Waals surface area contributed by atoms with Crippen molar-refractivity contribution in [2.45, 2.75) is 45.7 Å². The topological polar surface area (TPSA) is 81.3 Å². The number of alkyl halides is 3. The Morgan fingerprint density at radius 3 is 2.61 bits per heavy atom. The van der Waals surface area contributed by atoms with E-state index in [1.807, 2.05) is 6.92 Å². The molecule has 1 amide bonds. The van der Waals surface area contributed by atoms with E-state index in [-0.39, 0.29) is 30.2 Å². The van der Waals surface area contributed by atoms with Crippen LogP contribution in [-0.2, 0) is 24.1 Å². The van der Waals surface area contributed by atoms with Crippen LogP contribution < -0.4 is 5.73 Å². The first-order chi connectivity index (χ1) is 15.6. The van der Waals surface area contributed by atoms with Gasteiger partial charge in [-0.3, -0.25) is 9.78 Å². The average molecular weight is 462 g/mol. The van der Waals surface area contributed by atoms with Crippen molar-refractivity contribution < 1.29 is 27.1 Å². The molecule has 2 aromatic heterocycles. The number of ether oxygens (including phenoxy) is 1. The van der Waals surface area contributed by atoms with Crippen LogP contribution in [0, 0.1) is 5.82 Å². The maximum Gasteiger partial charge on any atom is 0.417 e. The van der Waals surface area contributed by atoms with Gasteiger partial charge in [-0.1, -0.05) is 6.92 Å². The lowest BCUT2D eigenvalue weighted by molar-refractivity contribution is -0.137. The number of rotatable bonds is 5. The Morgan fingerprint density at radius 2 is 1.97 bits per heavy atom. The molecule has 0 bridgehead atoms. The molecule has 1 aliphatic heterocycles. The number of benzene rings is 1. The number of anilines is 1. The lowest BCUT2D eigenvalue weighted by atomic mass is 10.0. The second-order valence-corrected chi connectivity index (χ2v) is 7.94. The molecule has 1 aromatic carbocycles. The molecule has 1 atom stereocenters. The van der Waals surface area contributed by atoms with Crippen LogP contribution in [-0.4, -0.2) is 27.3 Å². The van der Waals surface area contributed by atoms with Crippen molar-refractivity contribution in [1.82, 2.24) is 14.9 Å². The smallest absolute Gasteiger partial charge is 0.383 e. The van der Waals surface area contributed by atoms with Crippen LogP contribution in [0.5, 0.6) is 0 Å². The lowest BCUT2D eigenvalue weighted by Crippen LogP contribution is -2.35. The molecule has 0 saturated carbocycles. The number of nitrogens with two attached hydrogens (primary N) is 1. The summed E-state index contributed by atoms with van der Waals surface area (Å²) in [5.41, 5.74) is 7.00. The Morgan fingerprint density at radius 1 is 1.24 bits per heavy atom. The molecular formula is C23H22F4N4O2. The van der Waals surface area contributed by atoms with Gasteiger partial charge in [-0.15, -0.1) is 0 Å². The number of nitrogens with zero attached hydrogens (tertiary/aromatic N) is 3. The fourth-order valence-electron chi connectivity index (χ4n) is 4.00. The molecule has 33 heavy (non-hydrogen) atoms. The maximum absolute atomic E-state index is 15.0. The number of carbonyl (C=O) groups excluding carboxylic acids is 1. The first kappa shape index (κ1) is 22.9. The number of nitrogen functional groups attached to an aromatic ring is 1. The molecule has 6 nitrogen and oxygen atoms in total. The predicted molar refractivity (Wildman–Crippen MR) is 114 cm³/mol. The molecular weight excluding hydrogens is 440 g/mol. The third kappa shape index (κ3) is 4.22. The van der Waals surface area contributed by atoms with Crippen LogP contribution in [0.25, 0.3) is 10.9 Å². The second-order valence-electron chi connectivity index (χ2n) is 7.94. The van der Waals surface area contributed by atoms with E-state index in [2.05, 4.69) is 9.97 Å². The molecule has 0 aliphatic carbocycles. The van der Waals surface area contributed by atoms with E-state index in [4.69, 9.17) is 10.5 Å². The average Bonchev–Trinajstić information content (AvgIpc) is 3.27. The number of carbonyl (C=O) groups is 1. The highest BCUT2D eigenvalue weighted by Gasteiger charge is 2.32. The van der Waals surface area contributed by atoms with Crippen molar-refractivity contribution in [3.8, 4) is 0 Å². The van der Waals surface area contributed by atoms with Gasteiger partial charge in [-0.05, 0) is 37.1 Å². The first-order valence-electron chi connectivity index (χ1n) is 10.4. The number of pyridine rings is 2. The van der Waals surface area contributed by atoms with Gasteiger partial charge in [0.05, 0.1) is 41.6 Å². The fourth-order valence-corrected chi connectivity index (χ4v) is 4.00. The van der Waals surface area contributed by atoms with Crippen molar-refractivity contribution in [3.63, 3.8) is 0 Å². The maximum atomic E-state index is 15.0. The molecule has 174 valence electrons. The van der Waals surface area contributed by atoms with Crippen molar-refractivity contribution >= 4 is 22.6 Å². The van der Waals surface area contributed by atoms with Gasteiger partial charge in [0.1, 0.15) is 11.6 Å².